The fourth-order valence-electron chi connectivity index (χ4n) is 1.63. The van der Waals surface area contributed by atoms with Crippen molar-refractivity contribution in [1.29, 1.82) is 0 Å². The summed E-state index contributed by atoms with van der Waals surface area (Å²) in [4.78, 5) is 11.8. The highest BCUT2D eigenvalue weighted by atomic mass is 16.5. The Labute approximate surface area is 111 Å². The summed E-state index contributed by atoms with van der Waals surface area (Å²) in [5, 5.41) is 0. The van der Waals surface area contributed by atoms with Crippen LogP contribution in [0.5, 0.6) is 0 Å². The lowest BCUT2D eigenvalue weighted by Gasteiger charge is -2.08. The maximum absolute atomic E-state index is 11.8. The van der Waals surface area contributed by atoms with Gasteiger partial charge < -0.3 is 15.9 Å². The Bertz CT molecular complexity index is 570. The molecule has 5 heteroatoms. The third-order valence-corrected chi connectivity index (χ3v) is 2.66. The summed E-state index contributed by atoms with van der Waals surface area (Å²) in [7, 11) is 0. The minimum absolute atomic E-state index is 0.233. The van der Waals surface area contributed by atoms with Gasteiger partial charge in [0, 0.05) is 0 Å². The molecule has 0 aromatic heterocycles. The van der Waals surface area contributed by atoms with Crippen LogP contribution in [0, 0.1) is 0 Å². The molecule has 0 fully saturated rings. The Hall–Kier alpha value is -2.53. The highest BCUT2D eigenvalue weighted by Crippen LogP contribution is 2.19. The number of nitrogens with two attached hydrogens (primary N) is 2. The van der Waals surface area contributed by atoms with Gasteiger partial charge in [-0.25, -0.2) is 4.79 Å². The summed E-state index contributed by atoms with van der Waals surface area (Å²) in [6.45, 7) is 0.233. The molecule has 0 unspecified atom stereocenters. The summed E-state index contributed by atoms with van der Waals surface area (Å²) in [5.74, 6) is 4.85. The normalized spacial score (nSPS) is 9.95. The molecular weight excluding hydrogens is 242 g/mol. The number of hydrazine groups is 1. The number of carbonyl (C=O) groups excluding carboxylic acids is 1. The molecule has 2 aromatic rings. The second-order valence-corrected chi connectivity index (χ2v) is 4.01. The lowest BCUT2D eigenvalue weighted by molar-refractivity contribution is 0.0473. The molecule has 0 heterocycles. The van der Waals surface area contributed by atoms with Crippen molar-refractivity contribution < 1.29 is 9.53 Å². The standard InChI is InChI=1S/C14H15N3O2/c15-12-8-11(6-7-13(12)17-16)14(18)19-9-10-4-2-1-3-5-10/h1-8,17H,9,15-16H2. The largest absolute Gasteiger partial charge is 0.457 e. The van der Waals surface area contributed by atoms with Crippen LogP contribution in [0.1, 0.15) is 15.9 Å². The Kier molecular flexibility index (Phi) is 4.00. The average Bonchev–Trinajstić information content (AvgIpc) is 2.45. The van der Waals surface area contributed by atoms with Crippen LogP contribution in [-0.4, -0.2) is 5.97 Å². The van der Waals surface area contributed by atoms with Crippen LogP contribution < -0.4 is 17.0 Å². The number of anilines is 2. The number of nitrogen functional groups attached to an aromatic ring is 2. The van der Waals surface area contributed by atoms with E-state index in [-0.39, 0.29) is 6.61 Å². The number of ether oxygens (including phenoxy) is 1. The molecule has 0 spiro atoms. The van der Waals surface area contributed by atoms with Gasteiger partial charge in [-0.3, -0.25) is 5.84 Å². The van der Waals surface area contributed by atoms with E-state index in [1.165, 1.54) is 6.07 Å². The molecule has 0 aliphatic heterocycles. The molecule has 5 nitrogen and oxygen atoms in total. The van der Waals surface area contributed by atoms with Crippen molar-refractivity contribution in [2.75, 3.05) is 11.2 Å². The van der Waals surface area contributed by atoms with Crippen molar-refractivity contribution >= 4 is 17.3 Å². The van der Waals surface area contributed by atoms with E-state index in [0.717, 1.165) is 5.56 Å². The third-order valence-electron chi connectivity index (χ3n) is 2.66. The van der Waals surface area contributed by atoms with Crippen molar-refractivity contribution in [1.82, 2.24) is 0 Å². The number of hydrogen-bond acceptors (Lipinski definition) is 5. The van der Waals surface area contributed by atoms with Crippen molar-refractivity contribution in [3.8, 4) is 0 Å². The van der Waals surface area contributed by atoms with E-state index < -0.39 is 5.97 Å². The molecule has 0 aliphatic carbocycles. The molecule has 0 bridgehead atoms. The van der Waals surface area contributed by atoms with E-state index in [1.54, 1.807) is 12.1 Å². The Morgan fingerprint density at radius 2 is 1.89 bits per heavy atom. The van der Waals surface area contributed by atoms with Crippen molar-refractivity contribution in [3.63, 3.8) is 0 Å². The maximum atomic E-state index is 11.8. The number of rotatable bonds is 4. The molecule has 0 atom stereocenters. The smallest absolute Gasteiger partial charge is 0.338 e. The Morgan fingerprint density at radius 1 is 1.16 bits per heavy atom. The second-order valence-electron chi connectivity index (χ2n) is 4.01. The van der Waals surface area contributed by atoms with Crippen LogP contribution in [0.25, 0.3) is 0 Å². The summed E-state index contributed by atoms with van der Waals surface area (Å²) in [6.07, 6.45) is 0. The fraction of sp³-hybridized carbons (Fsp3) is 0.0714. The van der Waals surface area contributed by atoms with Gasteiger partial charge in [0.15, 0.2) is 0 Å². The van der Waals surface area contributed by atoms with Crippen LogP contribution in [0.2, 0.25) is 0 Å². The van der Waals surface area contributed by atoms with Gasteiger partial charge in [-0.1, -0.05) is 30.3 Å². The molecule has 0 amide bonds. The molecule has 0 saturated carbocycles. The third kappa shape index (κ3) is 3.23. The highest BCUT2D eigenvalue weighted by molar-refractivity contribution is 5.91. The van der Waals surface area contributed by atoms with Crippen LogP contribution in [-0.2, 0) is 11.3 Å². The number of esters is 1. The van der Waals surface area contributed by atoms with E-state index in [4.69, 9.17) is 16.3 Å². The van der Waals surface area contributed by atoms with Crippen molar-refractivity contribution in [2.24, 2.45) is 5.84 Å². The minimum atomic E-state index is -0.417. The van der Waals surface area contributed by atoms with Gasteiger partial charge in [-0.05, 0) is 23.8 Å². The zero-order chi connectivity index (χ0) is 13.7. The van der Waals surface area contributed by atoms with Gasteiger partial charge in [0.2, 0.25) is 0 Å². The van der Waals surface area contributed by atoms with Crippen LogP contribution in [0.3, 0.4) is 0 Å². The first kappa shape index (κ1) is 12.9. The predicted molar refractivity (Wildman–Crippen MR) is 74.2 cm³/mol. The molecule has 2 rings (SSSR count). The molecule has 0 saturated heterocycles. The summed E-state index contributed by atoms with van der Waals surface area (Å²) < 4.78 is 5.20. The zero-order valence-corrected chi connectivity index (χ0v) is 10.3. The fourth-order valence-corrected chi connectivity index (χ4v) is 1.63. The van der Waals surface area contributed by atoms with Crippen LogP contribution in [0.15, 0.2) is 48.5 Å². The monoisotopic (exact) mass is 257 g/mol. The van der Waals surface area contributed by atoms with E-state index in [2.05, 4.69) is 5.43 Å². The van der Waals surface area contributed by atoms with Crippen LogP contribution >= 0.6 is 0 Å². The molecule has 0 aliphatic rings. The van der Waals surface area contributed by atoms with Gasteiger partial charge in [-0.15, -0.1) is 0 Å². The highest BCUT2D eigenvalue weighted by Gasteiger charge is 2.09. The Morgan fingerprint density at radius 3 is 2.53 bits per heavy atom. The van der Waals surface area contributed by atoms with E-state index in [0.29, 0.717) is 16.9 Å². The number of benzene rings is 2. The molecule has 2 aromatic carbocycles. The van der Waals surface area contributed by atoms with E-state index >= 15 is 0 Å². The van der Waals surface area contributed by atoms with Crippen molar-refractivity contribution in [3.05, 3.63) is 59.7 Å². The molecule has 98 valence electrons. The summed E-state index contributed by atoms with van der Waals surface area (Å²) >= 11 is 0. The first-order valence-corrected chi connectivity index (χ1v) is 5.78. The van der Waals surface area contributed by atoms with E-state index in [9.17, 15) is 4.79 Å². The number of carbonyl (C=O) groups is 1. The maximum Gasteiger partial charge on any atom is 0.338 e. The lowest BCUT2D eigenvalue weighted by Crippen LogP contribution is -2.11. The Balaban J connectivity index is 2.02. The van der Waals surface area contributed by atoms with Gasteiger partial charge in [0.25, 0.3) is 0 Å². The SMILES string of the molecule is NNc1ccc(C(=O)OCc2ccccc2)cc1N. The lowest BCUT2D eigenvalue weighted by atomic mass is 10.2. The second kappa shape index (κ2) is 5.88. The summed E-state index contributed by atoms with van der Waals surface area (Å²) in [6, 6.07) is 14.2. The average molecular weight is 257 g/mol. The minimum Gasteiger partial charge on any atom is -0.457 e. The first-order chi connectivity index (χ1) is 9.20. The number of nitrogens with one attached hydrogen (secondary N) is 1. The van der Waals surface area contributed by atoms with Gasteiger partial charge in [-0.2, -0.15) is 0 Å². The predicted octanol–water partition coefficient (Wildman–Crippen LogP) is 1.91. The molecule has 19 heavy (non-hydrogen) atoms. The van der Waals surface area contributed by atoms with Gasteiger partial charge in [0.1, 0.15) is 6.61 Å². The molecular formula is C14H15N3O2. The van der Waals surface area contributed by atoms with Gasteiger partial charge in [0.05, 0.1) is 16.9 Å². The summed E-state index contributed by atoms with van der Waals surface area (Å²) in [5.41, 5.74) is 10.5. The van der Waals surface area contributed by atoms with Crippen molar-refractivity contribution in [2.45, 2.75) is 6.61 Å². The topological polar surface area (TPSA) is 90.4 Å². The van der Waals surface area contributed by atoms with Crippen LogP contribution in [0.4, 0.5) is 11.4 Å². The zero-order valence-electron chi connectivity index (χ0n) is 10.3. The number of hydrogen-bond donors (Lipinski definition) is 3. The quantitative estimate of drug-likeness (QED) is 0.337. The first-order valence-electron chi connectivity index (χ1n) is 5.78. The van der Waals surface area contributed by atoms with E-state index in [1.807, 2.05) is 30.3 Å². The molecule has 0 radical (unpaired) electrons. The molecule has 5 N–H and O–H groups in total. The van der Waals surface area contributed by atoms with Gasteiger partial charge >= 0.3 is 5.97 Å².